The average Bonchev–Trinajstić information content (AvgIpc) is 3.46. The van der Waals surface area contributed by atoms with E-state index in [2.05, 4.69) is 104 Å². The molecular formula is C76H137NO3. The van der Waals surface area contributed by atoms with Gasteiger partial charge in [-0.2, -0.15) is 0 Å². The molecule has 2 unspecified atom stereocenters. The van der Waals surface area contributed by atoms with Crippen molar-refractivity contribution in [2.24, 2.45) is 0 Å². The Labute approximate surface area is 500 Å². The van der Waals surface area contributed by atoms with Gasteiger partial charge in [-0.1, -0.05) is 368 Å². The lowest BCUT2D eigenvalue weighted by Gasteiger charge is -2.19. The van der Waals surface area contributed by atoms with Gasteiger partial charge >= 0.3 is 0 Å². The van der Waals surface area contributed by atoms with Crippen molar-refractivity contribution in [3.63, 3.8) is 0 Å². The van der Waals surface area contributed by atoms with Gasteiger partial charge in [0.2, 0.25) is 5.91 Å². The second-order valence-electron chi connectivity index (χ2n) is 23.9. The van der Waals surface area contributed by atoms with Crippen LogP contribution in [0.4, 0.5) is 0 Å². The first kappa shape index (κ1) is 77.3. The number of carbonyl (C=O) groups excluding carboxylic acids is 1. The molecule has 0 bridgehead atoms. The molecule has 0 aliphatic heterocycles. The lowest BCUT2D eigenvalue weighted by molar-refractivity contribution is -0.123. The molecule has 0 aromatic carbocycles. The minimum atomic E-state index is -0.868. The Morgan fingerprint density at radius 1 is 0.312 bits per heavy atom. The minimum Gasteiger partial charge on any atom is -0.394 e. The molecule has 0 rings (SSSR count). The van der Waals surface area contributed by atoms with Crippen molar-refractivity contribution in [2.75, 3.05) is 6.61 Å². The molecule has 0 spiro atoms. The summed E-state index contributed by atoms with van der Waals surface area (Å²) in [5.41, 5.74) is 0. The van der Waals surface area contributed by atoms with E-state index in [0.29, 0.717) is 6.42 Å². The van der Waals surface area contributed by atoms with Gasteiger partial charge < -0.3 is 15.5 Å². The number of hydrogen-bond donors (Lipinski definition) is 3. The highest BCUT2D eigenvalue weighted by molar-refractivity contribution is 5.76. The van der Waals surface area contributed by atoms with Gasteiger partial charge in [0.25, 0.3) is 0 Å². The lowest BCUT2D eigenvalue weighted by Crippen LogP contribution is -2.45. The Bertz CT molecular complexity index is 1450. The van der Waals surface area contributed by atoms with Gasteiger partial charge in [0.1, 0.15) is 0 Å². The number of allylic oxidation sites excluding steroid dienone is 15. The highest BCUT2D eigenvalue weighted by Crippen LogP contribution is 2.18. The van der Waals surface area contributed by atoms with Crippen LogP contribution in [0.15, 0.2) is 97.2 Å². The first-order valence-corrected chi connectivity index (χ1v) is 35.5. The van der Waals surface area contributed by atoms with Gasteiger partial charge in [0, 0.05) is 6.42 Å². The smallest absolute Gasteiger partial charge is 0.220 e. The van der Waals surface area contributed by atoms with Crippen LogP contribution < -0.4 is 5.32 Å². The van der Waals surface area contributed by atoms with Crippen molar-refractivity contribution < 1.29 is 15.0 Å². The fraction of sp³-hybridized carbons (Fsp3) is 0.776. The van der Waals surface area contributed by atoms with Crippen LogP contribution in [0.5, 0.6) is 0 Å². The van der Waals surface area contributed by atoms with E-state index in [1.54, 1.807) is 6.08 Å². The molecule has 4 nitrogen and oxygen atoms in total. The molecule has 0 saturated carbocycles. The number of nitrogens with one attached hydrogen (secondary N) is 1. The van der Waals surface area contributed by atoms with E-state index >= 15 is 0 Å². The molecule has 0 aromatic heterocycles. The maximum atomic E-state index is 12.5. The number of hydrogen-bond acceptors (Lipinski definition) is 3. The van der Waals surface area contributed by atoms with E-state index in [4.69, 9.17) is 0 Å². The SMILES string of the molecule is CC/C=C\C/C=C\C/C=C\C/C=C\C/C=C\C/C=C\CCCCCCCCCCCCCCCCCCCCC(=O)NC(CO)C(O)/C=C/CC/C=C/CCCCCCCCCCCCCCCCCCCCCCCCCCC. The molecule has 0 heterocycles. The van der Waals surface area contributed by atoms with Crippen LogP contribution in [0, 0.1) is 0 Å². The van der Waals surface area contributed by atoms with Crippen LogP contribution in [0.25, 0.3) is 0 Å². The Kier molecular flexibility index (Phi) is 68.2. The number of amides is 1. The average molecular weight is 1110 g/mol. The zero-order chi connectivity index (χ0) is 57.6. The molecule has 2 atom stereocenters. The van der Waals surface area contributed by atoms with E-state index in [9.17, 15) is 15.0 Å². The van der Waals surface area contributed by atoms with Gasteiger partial charge in [-0.05, 0) is 83.5 Å². The third-order valence-electron chi connectivity index (χ3n) is 16.1. The van der Waals surface area contributed by atoms with Crippen LogP contribution in [0.3, 0.4) is 0 Å². The highest BCUT2D eigenvalue weighted by Gasteiger charge is 2.18. The van der Waals surface area contributed by atoms with E-state index in [1.165, 1.54) is 270 Å². The molecule has 80 heavy (non-hydrogen) atoms. The Balaban J connectivity index is 3.49. The predicted octanol–water partition coefficient (Wildman–Crippen LogP) is 24.4. The second-order valence-corrected chi connectivity index (χ2v) is 23.9. The Hall–Kier alpha value is -2.69. The van der Waals surface area contributed by atoms with E-state index < -0.39 is 12.1 Å². The summed E-state index contributed by atoms with van der Waals surface area (Å²) in [5.74, 6) is -0.0706. The summed E-state index contributed by atoms with van der Waals surface area (Å²) in [4.78, 5) is 12.5. The maximum absolute atomic E-state index is 12.5. The fourth-order valence-corrected chi connectivity index (χ4v) is 10.7. The van der Waals surface area contributed by atoms with E-state index in [-0.39, 0.29) is 12.5 Å². The third kappa shape index (κ3) is 66.1. The molecule has 0 saturated heterocycles. The number of unbranched alkanes of at least 4 members (excludes halogenated alkanes) is 44. The summed E-state index contributed by atoms with van der Waals surface area (Å²) in [6.45, 7) is 4.21. The van der Waals surface area contributed by atoms with Crippen molar-refractivity contribution in [3.8, 4) is 0 Å². The zero-order valence-corrected chi connectivity index (χ0v) is 53.6. The van der Waals surface area contributed by atoms with Gasteiger partial charge in [0.15, 0.2) is 0 Å². The summed E-state index contributed by atoms with van der Waals surface area (Å²) in [5, 5.41) is 23.3. The minimum absolute atomic E-state index is 0.0706. The maximum Gasteiger partial charge on any atom is 0.220 e. The lowest BCUT2D eigenvalue weighted by atomic mass is 10.0. The van der Waals surface area contributed by atoms with Crippen LogP contribution in [0.1, 0.15) is 361 Å². The summed E-state index contributed by atoms with van der Waals surface area (Å²) in [7, 11) is 0. The molecule has 0 aliphatic carbocycles. The van der Waals surface area contributed by atoms with Gasteiger partial charge in [-0.25, -0.2) is 0 Å². The number of aliphatic hydroxyl groups is 2. The fourth-order valence-electron chi connectivity index (χ4n) is 10.7. The number of aliphatic hydroxyl groups excluding tert-OH is 2. The number of carbonyl (C=O) groups is 1. The van der Waals surface area contributed by atoms with Gasteiger partial charge in [-0.3, -0.25) is 4.79 Å². The van der Waals surface area contributed by atoms with E-state index in [1.807, 2.05) is 6.08 Å². The van der Waals surface area contributed by atoms with Crippen molar-refractivity contribution in [1.82, 2.24) is 5.32 Å². The third-order valence-corrected chi connectivity index (χ3v) is 16.1. The molecule has 0 aromatic rings. The van der Waals surface area contributed by atoms with Crippen LogP contribution in [-0.4, -0.2) is 34.9 Å². The number of rotatable bonds is 65. The topological polar surface area (TPSA) is 69.6 Å². The van der Waals surface area contributed by atoms with Crippen molar-refractivity contribution in [3.05, 3.63) is 97.2 Å². The van der Waals surface area contributed by atoms with Gasteiger partial charge in [0.05, 0.1) is 18.8 Å². The standard InChI is InChI=1S/C76H137NO3/c1-3-5-7-9-11-13-15-17-19-21-23-25-27-29-31-33-35-36-37-38-39-40-42-44-46-48-50-52-54-56-58-60-62-64-66-68-70-72-76(80)77-74(73-78)75(79)71-69-67-65-63-61-59-57-55-53-51-49-47-45-43-41-34-32-30-28-26-24-22-20-18-16-14-12-10-8-6-4-2/h5,7,11,13,17,19,23,25,29,31,35-36,61,63,69,71,74-75,78-79H,3-4,6,8-10,12,14-16,18,20-22,24,26-28,30,32-34,37-60,62,64-68,70,72-73H2,1-2H3,(H,77,80)/b7-5-,13-11-,19-17-,25-23-,31-29-,36-35-,63-61+,71-69+. The normalized spacial score (nSPS) is 13.3. The predicted molar refractivity (Wildman–Crippen MR) is 359 cm³/mol. The quantitative estimate of drug-likeness (QED) is 0.0420. The van der Waals surface area contributed by atoms with Crippen molar-refractivity contribution >= 4 is 5.91 Å². The largest absolute Gasteiger partial charge is 0.394 e. The monoisotopic (exact) mass is 1110 g/mol. The Morgan fingerprint density at radius 3 is 0.875 bits per heavy atom. The van der Waals surface area contributed by atoms with Crippen LogP contribution >= 0.6 is 0 Å². The second kappa shape index (κ2) is 70.6. The molecule has 1 amide bonds. The molecule has 3 N–H and O–H groups in total. The van der Waals surface area contributed by atoms with Crippen molar-refractivity contribution in [1.29, 1.82) is 0 Å². The van der Waals surface area contributed by atoms with Crippen LogP contribution in [-0.2, 0) is 4.79 Å². The summed E-state index contributed by atoms with van der Waals surface area (Å²) in [6, 6.07) is -0.645. The molecule has 0 aliphatic rings. The molecule has 0 radical (unpaired) electrons. The Morgan fingerprint density at radius 2 is 0.562 bits per heavy atom. The first-order chi connectivity index (χ1) is 39.7. The first-order valence-electron chi connectivity index (χ1n) is 35.5. The van der Waals surface area contributed by atoms with E-state index in [0.717, 1.165) is 70.6 Å². The van der Waals surface area contributed by atoms with Crippen LogP contribution in [0.2, 0.25) is 0 Å². The highest BCUT2D eigenvalue weighted by atomic mass is 16.3. The molecule has 4 heteroatoms. The van der Waals surface area contributed by atoms with Gasteiger partial charge in [-0.15, -0.1) is 0 Å². The molecule has 464 valence electrons. The molecule has 0 fully saturated rings. The summed E-state index contributed by atoms with van der Waals surface area (Å²) in [6.07, 6.45) is 105. The summed E-state index contributed by atoms with van der Waals surface area (Å²) >= 11 is 0. The zero-order valence-electron chi connectivity index (χ0n) is 53.6. The summed E-state index contributed by atoms with van der Waals surface area (Å²) < 4.78 is 0. The molecular weight excluding hydrogens is 975 g/mol. The van der Waals surface area contributed by atoms with Crippen molar-refractivity contribution in [2.45, 2.75) is 373 Å².